The van der Waals surface area contributed by atoms with Gasteiger partial charge in [-0.25, -0.2) is 0 Å². The summed E-state index contributed by atoms with van der Waals surface area (Å²) in [6, 6.07) is 7.84. The molecule has 0 fully saturated rings. The van der Waals surface area contributed by atoms with Crippen LogP contribution in [0.25, 0.3) is 0 Å². The van der Waals surface area contributed by atoms with Crippen molar-refractivity contribution in [2.45, 2.75) is 32.1 Å². The molecule has 0 spiro atoms. The van der Waals surface area contributed by atoms with E-state index in [1.54, 1.807) is 0 Å². The normalized spacial score (nSPS) is 10.3. The van der Waals surface area contributed by atoms with E-state index in [0.29, 0.717) is 6.42 Å². The first-order chi connectivity index (χ1) is 8.72. The van der Waals surface area contributed by atoms with Gasteiger partial charge in [0.05, 0.1) is 6.42 Å². The van der Waals surface area contributed by atoms with Crippen molar-refractivity contribution in [1.29, 1.82) is 0 Å². The summed E-state index contributed by atoms with van der Waals surface area (Å²) in [5.41, 5.74) is 1.03. The molecule has 0 aliphatic heterocycles. The standard InChI is InChI=1S/C14H19BrClNO/c15-13-7-5-6-12(10-13)11-14(18)17-9-4-2-1-3-8-16/h5-7,10H,1-4,8-9,11H2,(H,17,18). The molecule has 0 aliphatic rings. The van der Waals surface area contributed by atoms with Crippen LogP contribution in [0.4, 0.5) is 0 Å². The highest BCUT2D eigenvalue weighted by molar-refractivity contribution is 9.10. The van der Waals surface area contributed by atoms with Gasteiger partial charge in [0.1, 0.15) is 0 Å². The Labute approximate surface area is 122 Å². The first-order valence-corrected chi connectivity index (χ1v) is 7.62. The number of hydrogen-bond donors (Lipinski definition) is 1. The Morgan fingerprint density at radius 2 is 2.00 bits per heavy atom. The van der Waals surface area contributed by atoms with Gasteiger partial charge in [-0.1, -0.05) is 40.9 Å². The van der Waals surface area contributed by atoms with Gasteiger partial charge in [-0.3, -0.25) is 4.79 Å². The van der Waals surface area contributed by atoms with Crippen molar-refractivity contribution in [3.63, 3.8) is 0 Å². The van der Waals surface area contributed by atoms with Crippen LogP contribution in [0.2, 0.25) is 0 Å². The fourth-order valence-electron chi connectivity index (χ4n) is 1.70. The summed E-state index contributed by atoms with van der Waals surface area (Å²) in [5.74, 6) is 0.820. The number of hydrogen-bond acceptors (Lipinski definition) is 1. The van der Waals surface area contributed by atoms with Gasteiger partial charge in [0.2, 0.25) is 5.91 Å². The Balaban J connectivity index is 2.14. The largest absolute Gasteiger partial charge is 0.356 e. The topological polar surface area (TPSA) is 29.1 Å². The molecular formula is C14H19BrClNO. The van der Waals surface area contributed by atoms with E-state index in [1.165, 1.54) is 0 Å². The van der Waals surface area contributed by atoms with Crippen LogP contribution in [0.3, 0.4) is 0 Å². The van der Waals surface area contributed by atoms with Gasteiger partial charge in [-0.05, 0) is 30.5 Å². The fraction of sp³-hybridized carbons (Fsp3) is 0.500. The van der Waals surface area contributed by atoms with E-state index in [0.717, 1.165) is 48.1 Å². The minimum atomic E-state index is 0.0884. The van der Waals surface area contributed by atoms with Crippen LogP contribution in [0.1, 0.15) is 31.2 Å². The highest BCUT2D eigenvalue weighted by Crippen LogP contribution is 2.11. The van der Waals surface area contributed by atoms with Gasteiger partial charge < -0.3 is 5.32 Å². The number of amides is 1. The summed E-state index contributed by atoms with van der Waals surface area (Å²) < 4.78 is 1.01. The third-order valence-electron chi connectivity index (χ3n) is 2.64. The Kier molecular flexibility index (Phi) is 8.10. The van der Waals surface area contributed by atoms with Crippen molar-refractivity contribution in [3.05, 3.63) is 34.3 Å². The molecule has 4 heteroatoms. The van der Waals surface area contributed by atoms with Crippen LogP contribution in [-0.2, 0) is 11.2 Å². The quantitative estimate of drug-likeness (QED) is 0.567. The zero-order valence-electron chi connectivity index (χ0n) is 10.4. The zero-order chi connectivity index (χ0) is 13.2. The molecule has 0 radical (unpaired) electrons. The summed E-state index contributed by atoms with van der Waals surface area (Å²) in [7, 11) is 0. The number of benzene rings is 1. The number of halogens is 2. The maximum Gasteiger partial charge on any atom is 0.224 e. The summed E-state index contributed by atoms with van der Waals surface area (Å²) in [6.45, 7) is 0.759. The van der Waals surface area contributed by atoms with E-state index in [-0.39, 0.29) is 5.91 Å². The molecule has 0 heterocycles. The van der Waals surface area contributed by atoms with Gasteiger partial charge in [0, 0.05) is 16.9 Å². The second-order valence-electron chi connectivity index (χ2n) is 4.26. The molecule has 0 bridgehead atoms. The number of unbranched alkanes of at least 4 members (excludes halogenated alkanes) is 3. The predicted molar refractivity (Wildman–Crippen MR) is 80.0 cm³/mol. The van der Waals surface area contributed by atoms with E-state index in [1.807, 2.05) is 24.3 Å². The van der Waals surface area contributed by atoms with Crippen molar-refractivity contribution >= 4 is 33.4 Å². The minimum Gasteiger partial charge on any atom is -0.356 e. The molecule has 18 heavy (non-hydrogen) atoms. The smallest absolute Gasteiger partial charge is 0.224 e. The second-order valence-corrected chi connectivity index (χ2v) is 5.55. The van der Waals surface area contributed by atoms with Gasteiger partial charge in [-0.2, -0.15) is 0 Å². The van der Waals surface area contributed by atoms with Gasteiger partial charge in [0.15, 0.2) is 0 Å². The number of carbonyl (C=O) groups is 1. The summed E-state index contributed by atoms with van der Waals surface area (Å²) in [5, 5.41) is 2.94. The molecule has 1 aromatic carbocycles. The minimum absolute atomic E-state index is 0.0884. The van der Waals surface area contributed by atoms with Crippen LogP contribution >= 0.6 is 27.5 Å². The van der Waals surface area contributed by atoms with E-state index in [2.05, 4.69) is 21.2 Å². The lowest BCUT2D eigenvalue weighted by Gasteiger charge is -2.05. The first-order valence-electron chi connectivity index (χ1n) is 6.29. The maximum absolute atomic E-state index is 11.7. The molecule has 0 saturated carbocycles. The molecule has 0 unspecified atom stereocenters. The van der Waals surface area contributed by atoms with E-state index in [9.17, 15) is 4.79 Å². The molecule has 0 atom stereocenters. The SMILES string of the molecule is O=C(Cc1cccc(Br)c1)NCCCCCCCl. The zero-order valence-corrected chi connectivity index (χ0v) is 12.8. The van der Waals surface area contributed by atoms with E-state index in [4.69, 9.17) is 11.6 Å². The van der Waals surface area contributed by atoms with Crippen molar-refractivity contribution < 1.29 is 4.79 Å². The number of nitrogens with one attached hydrogen (secondary N) is 1. The van der Waals surface area contributed by atoms with Crippen molar-refractivity contribution in [2.75, 3.05) is 12.4 Å². The van der Waals surface area contributed by atoms with Crippen LogP contribution in [0, 0.1) is 0 Å². The predicted octanol–water partition coefficient (Wildman–Crippen LogP) is 3.91. The van der Waals surface area contributed by atoms with Crippen molar-refractivity contribution in [3.8, 4) is 0 Å². The van der Waals surface area contributed by atoms with Crippen molar-refractivity contribution in [1.82, 2.24) is 5.32 Å². The molecule has 1 amide bonds. The third-order valence-corrected chi connectivity index (χ3v) is 3.40. The molecule has 0 aliphatic carbocycles. The van der Waals surface area contributed by atoms with E-state index >= 15 is 0 Å². The molecule has 0 aromatic heterocycles. The Morgan fingerprint density at radius 3 is 2.72 bits per heavy atom. The molecule has 0 saturated heterocycles. The first kappa shape index (κ1) is 15.5. The second kappa shape index (κ2) is 9.40. The average molecular weight is 333 g/mol. The fourth-order valence-corrected chi connectivity index (χ4v) is 2.33. The van der Waals surface area contributed by atoms with Crippen LogP contribution in [0.5, 0.6) is 0 Å². The van der Waals surface area contributed by atoms with Gasteiger partial charge in [-0.15, -0.1) is 11.6 Å². The number of carbonyl (C=O) groups excluding carboxylic acids is 1. The lowest BCUT2D eigenvalue weighted by atomic mass is 10.1. The molecule has 1 N–H and O–H groups in total. The lowest BCUT2D eigenvalue weighted by molar-refractivity contribution is -0.120. The highest BCUT2D eigenvalue weighted by Gasteiger charge is 2.02. The lowest BCUT2D eigenvalue weighted by Crippen LogP contribution is -2.26. The number of alkyl halides is 1. The molecule has 1 aromatic rings. The Hall–Kier alpha value is -0.540. The van der Waals surface area contributed by atoms with Gasteiger partial charge in [0.25, 0.3) is 0 Å². The van der Waals surface area contributed by atoms with Crippen molar-refractivity contribution in [2.24, 2.45) is 0 Å². The van der Waals surface area contributed by atoms with Gasteiger partial charge >= 0.3 is 0 Å². The molecule has 2 nitrogen and oxygen atoms in total. The molecule has 100 valence electrons. The number of rotatable bonds is 8. The van der Waals surface area contributed by atoms with Crippen LogP contribution < -0.4 is 5.32 Å². The Morgan fingerprint density at radius 1 is 1.22 bits per heavy atom. The van der Waals surface area contributed by atoms with E-state index < -0.39 is 0 Å². The van der Waals surface area contributed by atoms with Crippen LogP contribution in [-0.4, -0.2) is 18.3 Å². The summed E-state index contributed by atoms with van der Waals surface area (Å²) in [6.07, 6.45) is 4.81. The highest BCUT2D eigenvalue weighted by atomic mass is 79.9. The van der Waals surface area contributed by atoms with Crippen LogP contribution in [0.15, 0.2) is 28.7 Å². The summed E-state index contributed by atoms with van der Waals surface area (Å²) >= 11 is 8.99. The maximum atomic E-state index is 11.7. The average Bonchev–Trinajstić information content (AvgIpc) is 2.33. The monoisotopic (exact) mass is 331 g/mol. The molecular weight excluding hydrogens is 314 g/mol. The summed E-state index contributed by atoms with van der Waals surface area (Å²) in [4.78, 5) is 11.7. The molecule has 1 rings (SSSR count). The third kappa shape index (κ3) is 7.02. The Bertz CT molecular complexity index is 371.